The lowest BCUT2D eigenvalue weighted by molar-refractivity contribution is 0.157. The molecule has 3 nitrogen and oxygen atoms in total. The van der Waals surface area contributed by atoms with Crippen molar-refractivity contribution in [3.8, 4) is 0 Å². The Balaban J connectivity index is 1.68. The fourth-order valence-electron chi connectivity index (χ4n) is 2.33. The van der Waals surface area contributed by atoms with Gasteiger partial charge < -0.3 is 15.8 Å². The zero-order chi connectivity index (χ0) is 10.9. The smallest absolute Gasteiger partial charge is 0.0624 e. The summed E-state index contributed by atoms with van der Waals surface area (Å²) in [6, 6.07) is 0.196. The first-order valence-corrected chi connectivity index (χ1v) is 6.16. The second-order valence-corrected chi connectivity index (χ2v) is 5.72. The van der Waals surface area contributed by atoms with Gasteiger partial charge in [0.25, 0.3) is 0 Å². The Morgan fingerprint density at radius 1 is 1.53 bits per heavy atom. The van der Waals surface area contributed by atoms with E-state index in [1.807, 2.05) is 0 Å². The van der Waals surface area contributed by atoms with Gasteiger partial charge in [-0.05, 0) is 31.2 Å². The molecule has 1 saturated carbocycles. The lowest BCUT2D eigenvalue weighted by atomic mass is 9.85. The summed E-state index contributed by atoms with van der Waals surface area (Å²) < 4.78 is 5.42. The maximum Gasteiger partial charge on any atom is 0.0624 e. The van der Waals surface area contributed by atoms with E-state index < -0.39 is 0 Å². The normalized spacial score (nSPS) is 38.2. The van der Waals surface area contributed by atoms with Crippen LogP contribution in [-0.2, 0) is 4.74 Å². The van der Waals surface area contributed by atoms with Crippen LogP contribution in [0.25, 0.3) is 0 Å². The molecule has 0 radical (unpaired) electrons. The van der Waals surface area contributed by atoms with Gasteiger partial charge >= 0.3 is 0 Å². The maximum absolute atomic E-state index is 6.04. The molecule has 3 atom stereocenters. The van der Waals surface area contributed by atoms with Crippen LogP contribution in [0.3, 0.4) is 0 Å². The second-order valence-electron chi connectivity index (χ2n) is 5.72. The third kappa shape index (κ3) is 2.71. The van der Waals surface area contributed by atoms with Gasteiger partial charge in [-0.25, -0.2) is 0 Å². The second kappa shape index (κ2) is 4.40. The van der Waals surface area contributed by atoms with Crippen LogP contribution in [0.1, 0.15) is 26.7 Å². The van der Waals surface area contributed by atoms with Gasteiger partial charge in [0.1, 0.15) is 0 Å². The highest BCUT2D eigenvalue weighted by Gasteiger charge is 2.37. The van der Waals surface area contributed by atoms with Crippen molar-refractivity contribution in [2.24, 2.45) is 23.0 Å². The van der Waals surface area contributed by atoms with Crippen molar-refractivity contribution in [1.82, 2.24) is 5.32 Å². The lowest BCUT2D eigenvalue weighted by Gasteiger charge is -2.27. The molecule has 1 aliphatic carbocycles. The third-order valence-electron chi connectivity index (χ3n) is 4.05. The average molecular weight is 212 g/mol. The highest BCUT2D eigenvalue weighted by atomic mass is 16.5. The van der Waals surface area contributed by atoms with E-state index in [0.29, 0.717) is 0 Å². The number of hydrogen-bond acceptors (Lipinski definition) is 3. The van der Waals surface area contributed by atoms with E-state index >= 15 is 0 Å². The molecule has 0 aromatic rings. The summed E-state index contributed by atoms with van der Waals surface area (Å²) in [6.07, 6.45) is 2.87. The summed E-state index contributed by atoms with van der Waals surface area (Å²) in [5.74, 6) is 1.81. The molecule has 0 amide bonds. The predicted octanol–water partition coefficient (Wildman–Crippen LogP) is 0.986. The molecule has 1 aliphatic heterocycles. The molecule has 3 heteroatoms. The molecule has 0 bridgehead atoms. The molecule has 0 aromatic carbocycles. The quantitative estimate of drug-likeness (QED) is 0.714. The van der Waals surface area contributed by atoms with Crippen LogP contribution in [0.15, 0.2) is 0 Å². The number of rotatable bonds is 5. The molecule has 0 aromatic heterocycles. The molecule has 2 aliphatic rings. The SMILES string of the molecule is CC(CNCC1(C)COCC1N)C1CC1. The summed E-state index contributed by atoms with van der Waals surface area (Å²) in [6.45, 7) is 8.21. The van der Waals surface area contributed by atoms with Gasteiger partial charge in [0.15, 0.2) is 0 Å². The van der Waals surface area contributed by atoms with Crippen LogP contribution in [0.4, 0.5) is 0 Å². The van der Waals surface area contributed by atoms with E-state index in [1.54, 1.807) is 0 Å². The van der Waals surface area contributed by atoms with Crippen molar-refractivity contribution < 1.29 is 4.74 Å². The first kappa shape index (κ1) is 11.4. The van der Waals surface area contributed by atoms with Crippen LogP contribution in [-0.4, -0.2) is 32.3 Å². The van der Waals surface area contributed by atoms with E-state index in [9.17, 15) is 0 Å². The Bertz CT molecular complexity index is 218. The first-order chi connectivity index (χ1) is 7.12. The third-order valence-corrected chi connectivity index (χ3v) is 4.05. The Hall–Kier alpha value is -0.120. The molecule has 1 heterocycles. The van der Waals surface area contributed by atoms with Crippen LogP contribution >= 0.6 is 0 Å². The molecular weight excluding hydrogens is 188 g/mol. The van der Waals surface area contributed by atoms with Crippen LogP contribution in [0.5, 0.6) is 0 Å². The highest BCUT2D eigenvalue weighted by molar-refractivity contribution is 4.92. The monoisotopic (exact) mass is 212 g/mol. The minimum atomic E-state index is 0.142. The Kier molecular flexibility index (Phi) is 3.33. The zero-order valence-corrected chi connectivity index (χ0v) is 9.96. The molecule has 2 rings (SSSR count). The first-order valence-electron chi connectivity index (χ1n) is 6.16. The van der Waals surface area contributed by atoms with Gasteiger partial charge in [0.05, 0.1) is 13.2 Å². The van der Waals surface area contributed by atoms with Crippen molar-refractivity contribution in [3.63, 3.8) is 0 Å². The van der Waals surface area contributed by atoms with Gasteiger partial charge in [-0.2, -0.15) is 0 Å². The molecular formula is C12H24N2O. The van der Waals surface area contributed by atoms with E-state index in [-0.39, 0.29) is 11.5 Å². The van der Waals surface area contributed by atoms with E-state index in [2.05, 4.69) is 19.2 Å². The molecule has 3 N–H and O–H groups in total. The number of ether oxygens (including phenoxy) is 1. The lowest BCUT2D eigenvalue weighted by Crippen LogP contribution is -2.46. The average Bonchev–Trinajstić information content (AvgIpc) is 2.96. The van der Waals surface area contributed by atoms with E-state index in [4.69, 9.17) is 10.5 Å². The minimum absolute atomic E-state index is 0.142. The molecule has 88 valence electrons. The largest absolute Gasteiger partial charge is 0.379 e. The van der Waals surface area contributed by atoms with E-state index in [0.717, 1.165) is 38.1 Å². The zero-order valence-electron chi connectivity index (χ0n) is 9.96. The summed E-state index contributed by atoms with van der Waals surface area (Å²) >= 11 is 0. The van der Waals surface area contributed by atoms with Crippen LogP contribution in [0, 0.1) is 17.3 Å². The van der Waals surface area contributed by atoms with Crippen molar-refractivity contribution in [1.29, 1.82) is 0 Å². The Morgan fingerprint density at radius 2 is 2.27 bits per heavy atom. The molecule has 1 saturated heterocycles. The highest BCUT2D eigenvalue weighted by Crippen LogP contribution is 2.36. The van der Waals surface area contributed by atoms with Gasteiger partial charge in [0, 0.05) is 18.0 Å². The van der Waals surface area contributed by atoms with Gasteiger partial charge in [-0.3, -0.25) is 0 Å². The van der Waals surface area contributed by atoms with Gasteiger partial charge in [0.2, 0.25) is 0 Å². The van der Waals surface area contributed by atoms with Crippen molar-refractivity contribution in [3.05, 3.63) is 0 Å². The number of hydrogen-bond donors (Lipinski definition) is 2. The fourth-order valence-corrected chi connectivity index (χ4v) is 2.33. The summed E-state index contributed by atoms with van der Waals surface area (Å²) in [5.41, 5.74) is 6.18. The minimum Gasteiger partial charge on any atom is -0.379 e. The van der Waals surface area contributed by atoms with E-state index in [1.165, 1.54) is 12.8 Å². The van der Waals surface area contributed by atoms with Crippen LogP contribution < -0.4 is 11.1 Å². The Labute approximate surface area is 92.7 Å². The predicted molar refractivity (Wildman–Crippen MR) is 61.7 cm³/mol. The van der Waals surface area contributed by atoms with Crippen molar-refractivity contribution in [2.75, 3.05) is 26.3 Å². The summed E-state index contributed by atoms with van der Waals surface area (Å²) in [7, 11) is 0. The van der Waals surface area contributed by atoms with Gasteiger partial charge in [-0.1, -0.05) is 13.8 Å². The van der Waals surface area contributed by atoms with Crippen molar-refractivity contribution >= 4 is 0 Å². The number of nitrogens with one attached hydrogen (secondary N) is 1. The number of nitrogens with two attached hydrogens (primary N) is 1. The maximum atomic E-state index is 6.04. The Morgan fingerprint density at radius 3 is 2.80 bits per heavy atom. The molecule has 3 unspecified atom stereocenters. The van der Waals surface area contributed by atoms with Gasteiger partial charge in [-0.15, -0.1) is 0 Å². The molecule has 2 fully saturated rings. The molecule has 15 heavy (non-hydrogen) atoms. The molecule has 0 spiro atoms. The van der Waals surface area contributed by atoms with Crippen LogP contribution in [0.2, 0.25) is 0 Å². The summed E-state index contributed by atoms with van der Waals surface area (Å²) in [5, 5.41) is 3.56. The standard InChI is InChI=1S/C12H24N2O/c1-9(10-3-4-10)5-14-7-12(2)8-15-6-11(12)13/h9-11,14H,3-8,13H2,1-2H3. The summed E-state index contributed by atoms with van der Waals surface area (Å²) in [4.78, 5) is 0. The van der Waals surface area contributed by atoms with Crippen molar-refractivity contribution in [2.45, 2.75) is 32.7 Å². The fraction of sp³-hybridized carbons (Fsp3) is 1.00. The topological polar surface area (TPSA) is 47.3 Å².